The van der Waals surface area contributed by atoms with E-state index in [2.05, 4.69) is 102 Å². The molecule has 1 N–H and O–H groups in total. The summed E-state index contributed by atoms with van der Waals surface area (Å²) in [6.07, 6.45) is 20.0. The number of nitrogens with zero attached hydrogens (tertiary/aromatic N) is 1. The Hall–Kier alpha value is -3.21. The van der Waals surface area contributed by atoms with Crippen molar-refractivity contribution in [1.29, 1.82) is 0 Å². The van der Waals surface area contributed by atoms with Gasteiger partial charge in [-0.05, 0) is 78.5 Å². The van der Waals surface area contributed by atoms with Gasteiger partial charge >= 0.3 is 0 Å². The average Bonchev–Trinajstić information content (AvgIpc) is 3.18. The summed E-state index contributed by atoms with van der Waals surface area (Å²) in [5, 5.41) is 11.7. The number of benzene rings is 3. The summed E-state index contributed by atoms with van der Waals surface area (Å²) in [5.74, 6) is 0. The Bertz CT molecular complexity index is 1220. The molecule has 296 valence electrons. The lowest BCUT2D eigenvalue weighted by atomic mass is 10.0. The molecule has 3 aromatic carbocycles. The van der Waals surface area contributed by atoms with Gasteiger partial charge in [0, 0.05) is 20.2 Å². The highest BCUT2D eigenvalue weighted by molar-refractivity contribution is 5.83. The Labute approximate surface area is 322 Å². The third-order valence-electron chi connectivity index (χ3n) is 7.63. The van der Waals surface area contributed by atoms with Gasteiger partial charge in [0.1, 0.15) is 0 Å². The van der Waals surface area contributed by atoms with Crippen molar-refractivity contribution in [3.8, 4) is 0 Å². The predicted octanol–water partition coefficient (Wildman–Crippen LogP) is 13.8. The van der Waals surface area contributed by atoms with Crippen LogP contribution in [0.4, 0.5) is 0 Å². The number of aryl methyl sites for hydroxylation is 2. The standard InChI is InChI=1S/C18H26O2.C17H21NO.C6H14.C3H8.2C2H6/c1-4-17-11-10-16(13-18(17)5-2)9-7-6-8-12-20-14-15(3)19;1-18(14-19)12-6-2-3-7-15-10-11-16-8-4-5-9-17(16)13-15;1-3-5-6-4-2;1-3-2;2*1-2/h4-5,10-11,13,15,19H,1-2,6-9,12,14H2,3H3;4-5,8-11,13-14H,2-3,6-7,12H2,1H3;3-6H2,1-2H3;3H2,1-2H3;2*1-2H3. The molecule has 0 saturated carbocycles. The lowest BCUT2D eigenvalue weighted by Crippen LogP contribution is -2.16. The third-order valence-corrected chi connectivity index (χ3v) is 7.63. The van der Waals surface area contributed by atoms with Crippen molar-refractivity contribution < 1.29 is 14.6 Å². The lowest BCUT2D eigenvalue weighted by molar-refractivity contribution is -0.117. The fourth-order valence-corrected chi connectivity index (χ4v) is 4.92. The van der Waals surface area contributed by atoms with Gasteiger partial charge in [-0.3, -0.25) is 4.79 Å². The molecule has 1 amide bonds. The van der Waals surface area contributed by atoms with Gasteiger partial charge in [-0.15, -0.1) is 0 Å². The van der Waals surface area contributed by atoms with Crippen LogP contribution < -0.4 is 0 Å². The lowest BCUT2D eigenvalue weighted by Gasteiger charge is -2.09. The number of hydrogen-bond donors (Lipinski definition) is 1. The normalized spacial score (nSPS) is 10.1. The maximum absolute atomic E-state index is 10.4. The van der Waals surface area contributed by atoms with Crippen LogP contribution in [-0.2, 0) is 22.4 Å². The van der Waals surface area contributed by atoms with Gasteiger partial charge in [0.25, 0.3) is 0 Å². The van der Waals surface area contributed by atoms with E-state index in [9.17, 15) is 4.79 Å². The van der Waals surface area contributed by atoms with Gasteiger partial charge in [0.2, 0.25) is 6.41 Å². The number of carbonyl (C=O) groups is 1. The summed E-state index contributed by atoms with van der Waals surface area (Å²) in [4.78, 5) is 12.1. The van der Waals surface area contributed by atoms with E-state index in [0.29, 0.717) is 6.61 Å². The molecule has 0 aliphatic rings. The van der Waals surface area contributed by atoms with Crippen LogP contribution in [0.15, 0.2) is 73.8 Å². The smallest absolute Gasteiger partial charge is 0.209 e. The number of ether oxygens (including phenoxy) is 1. The highest BCUT2D eigenvalue weighted by atomic mass is 16.5. The summed E-state index contributed by atoms with van der Waals surface area (Å²) in [6.45, 7) is 28.1. The maximum Gasteiger partial charge on any atom is 0.209 e. The molecule has 3 rings (SSSR count). The first kappa shape index (κ1) is 53.1. The zero-order chi connectivity index (χ0) is 39.8. The Morgan fingerprint density at radius 3 is 1.73 bits per heavy atom. The van der Waals surface area contributed by atoms with Crippen molar-refractivity contribution in [2.75, 3.05) is 26.8 Å². The number of amides is 1. The van der Waals surface area contributed by atoms with Crippen LogP contribution in [0.1, 0.15) is 155 Å². The second kappa shape index (κ2) is 40.6. The van der Waals surface area contributed by atoms with Crippen molar-refractivity contribution in [3.63, 3.8) is 0 Å². The van der Waals surface area contributed by atoms with Crippen molar-refractivity contribution in [3.05, 3.63) is 96.1 Å². The van der Waals surface area contributed by atoms with Crippen LogP contribution in [0.2, 0.25) is 0 Å². The fraction of sp³-hybridized carbons (Fsp3) is 0.562. The van der Waals surface area contributed by atoms with Gasteiger partial charge in [-0.1, -0.05) is 186 Å². The summed E-state index contributed by atoms with van der Waals surface area (Å²) in [7, 11) is 1.83. The molecule has 0 radical (unpaired) electrons. The molecule has 3 aromatic rings. The number of carbonyl (C=O) groups excluding carboxylic acids is 1. The van der Waals surface area contributed by atoms with Crippen molar-refractivity contribution in [2.45, 2.75) is 152 Å². The molecular weight excluding hydrogens is 639 g/mol. The summed E-state index contributed by atoms with van der Waals surface area (Å²) in [5.41, 5.74) is 5.03. The van der Waals surface area contributed by atoms with Gasteiger partial charge in [-0.2, -0.15) is 0 Å². The Morgan fingerprint density at radius 2 is 1.21 bits per heavy atom. The van der Waals surface area contributed by atoms with Crippen LogP contribution >= 0.6 is 0 Å². The van der Waals surface area contributed by atoms with Crippen LogP contribution in [-0.4, -0.2) is 49.3 Å². The molecule has 0 bridgehead atoms. The molecular formula is C48H81NO3. The number of aliphatic hydroxyl groups is 1. The second-order valence-electron chi connectivity index (χ2n) is 12.6. The molecule has 0 heterocycles. The van der Waals surface area contributed by atoms with E-state index in [4.69, 9.17) is 9.84 Å². The number of hydrogen-bond acceptors (Lipinski definition) is 3. The molecule has 0 spiro atoms. The summed E-state index contributed by atoms with van der Waals surface area (Å²) >= 11 is 0. The molecule has 1 unspecified atom stereocenters. The number of fused-ring (bicyclic) bond motifs is 1. The summed E-state index contributed by atoms with van der Waals surface area (Å²) < 4.78 is 5.34. The van der Waals surface area contributed by atoms with E-state index in [1.807, 2.05) is 46.9 Å². The molecule has 0 aliphatic heterocycles. The zero-order valence-corrected chi connectivity index (χ0v) is 35.5. The van der Waals surface area contributed by atoms with Crippen LogP contribution in [0.25, 0.3) is 22.9 Å². The molecule has 4 nitrogen and oxygen atoms in total. The van der Waals surface area contributed by atoms with E-state index in [1.165, 1.54) is 66.8 Å². The van der Waals surface area contributed by atoms with Crippen molar-refractivity contribution in [2.24, 2.45) is 0 Å². The molecule has 52 heavy (non-hydrogen) atoms. The first-order valence-corrected chi connectivity index (χ1v) is 20.6. The molecule has 0 aliphatic carbocycles. The largest absolute Gasteiger partial charge is 0.391 e. The minimum Gasteiger partial charge on any atom is -0.391 e. The van der Waals surface area contributed by atoms with E-state index in [0.717, 1.165) is 69.2 Å². The highest BCUT2D eigenvalue weighted by Gasteiger charge is 2.01. The topological polar surface area (TPSA) is 49.8 Å². The van der Waals surface area contributed by atoms with Gasteiger partial charge in [0.15, 0.2) is 0 Å². The average molecular weight is 720 g/mol. The van der Waals surface area contributed by atoms with Gasteiger partial charge < -0.3 is 14.7 Å². The zero-order valence-electron chi connectivity index (χ0n) is 35.5. The quantitative estimate of drug-likeness (QED) is 0.0934. The molecule has 0 saturated heterocycles. The Morgan fingerprint density at radius 1 is 0.692 bits per heavy atom. The predicted molar refractivity (Wildman–Crippen MR) is 235 cm³/mol. The Kier molecular flexibility index (Phi) is 41.5. The first-order valence-electron chi connectivity index (χ1n) is 20.6. The van der Waals surface area contributed by atoms with Gasteiger partial charge in [-0.25, -0.2) is 0 Å². The molecule has 0 fully saturated rings. The van der Waals surface area contributed by atoms with Crippen LogP contribution in [0, 0.1) is 0 Å². The van der Waals surface area contributed by atoms with E-state index >= 15 is 0 Å². The van der Waals surface area contributed by atoms with Crippen LogP contribution in [0.5, 0.6) is 0 Å². The van der Waals surface area contributed by atoms with E-state index in [-0.39, 0.29) is 6.10 Å². The number of aliphatic hydroxyl groups excluding tert-OH is 1. The minimum atomic E-state index is -0.365. The third kappa shape index (κ3) is 30.4. The van der Waals surface area contributed by atoms with Crippen molar-refractivity contribution in [1.82, 2.24) is 4.90 Å². The SMILES string of the molecule is C=Cc1ccc(CCCCCOCC(C)O)cc1C=C.CC.CC.CCC.CCCCCC.CN(C=O)CCCCCc1ccc2ccccc2c1. The first-order chi connectivity index (χ1) is 25.3. The van der Waals surface area contributed by atoms with Crippen LogP contribution in [0.3, 0.4) is 0 Å². The minimum absolute atomic E-state index is 0.365. The van der Waals surface area contributed by atoms with E-state index in [1.54, 1.807) is 11.8 Å². The Balaban J connectivity index is -0.000000696. The van der Waals surface area contributed by atoms with Crippen molar-refractivity contribution >= 4 is 29.3 Å². The number of rotatable bonds is 20. The molecule has 1 atom stereocenters. The van der Waals surface area contributed by atoms with Gasteiger partial charge in [0.05, 0.1) is 12.7 Å². The number of unbranched alkanes of at least 4 members (excludes halogenated alkanes) is 7. The van der Waals surface area contributed by atoms with E-state index < -0.39 is 0 Å². The maximum atomic E-state index is 10.4. The fourth-order valence-electron chi connectivity index (χ4n) is 4.92. The molecule has 0 aromatic heterocycles. The monoisotopic (exact) mass is 720 g/mol. The summed E-state index contributed by atoms with van der Waals surface area (Å²) in [6, 6.07) is 21.6. The molecule has 4 heteroatoms. The highest BCUT2D eigenvalue weighted by Crippen LogP contribution is 2.18. The second-order valence-corrected chi connectivity index (χ2v) is 12.6.